The van der Waals surface area contributed by atoms with Crippen molar-refractivity contribution in [3.63, 3.8) is 0 Å². The summed E-state index contributed by atoms with van der Waals surface area (Å²) in [5.74, 6) is -0.861. The van der Waals surface area contributed by atoms with Crippen LogP contribution in [0, 0.1) is 0 Å². The van der Waals surface area contributed by atoms with Crippen LogP contribution in [0.2, 0.25) is 0 Å². The van der Waals surface area contributed by atoms with E-state index in [0.29, 0.717) is 11.1 Å². The molecule has 0 heterocycles. The number of phenolic OH excluding ortho intramolecular Hbond substituents is 1. The second-order valence-electron chi connectivity index (χ2n) is 4.87. The number of carbonyl (C=O) groups excluding carboxylic acids is 1. The molecular weight excluding hydrogens is 292 g/mol. The average molecular weight is 306 g/mol. The summed E-state index contributed by atoms with van der Waals surface area (Å²) in [5, 5.41) is 20.2. The minimum atomic E-state index is -0.621. The SMILES string of the molecule is COC(=O)c1cc2ccccc2c(N=Nc2ccccc2)c1O. The molecule has 0 saturated heterocycles. The van der Waals surface area contributed by atoms with Gasteiger partial charge < -0.3 is 9.84 Å². The Labute approximate surface area is 132 Å². The molecule has 3 aromatic carbocycles. The fourth-order valence-corrected chi connectivity index (χ4v) is 2.29. The van der Waals surface area contributed by atoms with E-state index in [1.807, 2.05) is 42.5 Å². The molecule has 0 atom stereocenters. The number of aromatic hydroxyl groups is 1. The van der Waals surface area contributed by atoms with Gasteiger partial charge in [0.1, 0.15) is 11.3 Å². The lowest BCUT2D eigenvalue weighted by molar-refractivity contribution is 0.0597. The Morgan fingerprint density at radius 3 is 2.43 bits per heavy atom. The van der Waals surface area contributed by atoms with E-state index >= 15 is 0 Å². The van der Waals surface area contributed by atoms with Crippen molar-refractivity contribution in [1.29, 1.82) is 0 Å². The maximum atomic E-state index is 11.8. The molecule has 0 aromatic heterocycles. The first-order valence-electron chi connectivity index (χ1n) is 7.00. The number of esters is 1. The molecule has 0 saturated carbocycles. The highest BCUT2D eigenvalue weighted by atomic mass is 16.5. The van der Waals surface area contributed by atoms with Crippen LogP contribution in [0.4, 0.5) is 11.4 Å². The third-order valence-corrected chi connectivity index (χ3v) is 3.42. The summed E-state index contributed by atoms with van der Waals surface area (Å²) in [4.78, 5) is 11.8. The van der Waals surface area contributed by atoms with E-state index in [4.69, 9.17) is 4.74 Å². The van der Waals surface area contributed by atoms with Gasteiger partial charge in [-0.15, -0.1) is 5.11 Å². The molecule has 0 radical (unpaired) electrons. The molecule has 0 aliphatic rings. The average Bonchev–Trinajstić information content (AvgIpc) is 2.60. The molecule has 5 heteroatoms. The number of hydrogen-bond donors (Lipinski definition) is 1. The zero-order valence-electron chi connectivity index (χ0n) is 12.4. The number of phenols is 1. The summed E-state index contributed by atoms with van der Waals surface area (Å²) in [6, 6.07) is 18.1. The maximum absolute atomic E-state index is 11.8. The second kappa shape index (κ2) is 6.27. The fraction of sp³-hybridized carbons (Fsp3) is 0.0556. The largest absolute Gasteiger partial charge is 0.505 e. The van der Waals surface area contributed by atoms with Crippen LogP contribution < -0.4 is 0 Å². The number of azo groups is 1. The van der Waals surface area contributed by atoms with Crippen molar-refractivity contribution in [3.8, 4) is 5.75 Å². The van der Waals surface area contributed by atoms with Crippen LogP contribution in [0.5, 0.6) is 5.75 Å². The first-order chi connectivity index (χ1) is 11.2. The van der Waals surface area contributed by atoms with E-state index in [-0.39, 0.29) is 17.0 Å². The van der Waals surface area contributed by atoms with Crippen molar-refractivity contribution >= 4 is 28.1 Å². The molecule has 3 aromatic rings. The minimum Gasteiger partial charge on any atom is -0.505 e. The lowest BCUT2D eigenvalue weighted by Gasteiger charge is -2.08. The van der Waals surface area contributed by atoms with E-state index < -0.39 is 5.97 Å². The Bertz CT molecular complexity index is 889. The van der Waals surface area contributed by atoms with E-state index in [2.05, 4.69) is 10.2 Å². The van der Waals surface area contributed by atoms with Gasteiger partial charge in [-0.1, -0.05) is 42.5 Å². The minimum absolute atomic E-state index is 0.0632. The molecule has 0 spiro atoms. The topological polar surface area (TPSA) is 71.2 Å². The smallest absolute Gasteiger partial charge is 0.341 e. The van der Waals surface area contributed by atoms with Crippen molar-refractivity contribution in [2.75, 3.05) is 7.11 Å². The van der Waals surface area contributed by atoms with Crippen molar-refractivity contribution in [3.05, 3.63) is 66.2 Å². The molecule has 114 valence electrons. The van der Waals surface area contributed by atoms with E-state index in [1.165, 1.54) is 7.11 Å². The summed E-state index contributed by atoms with van der Waals surface area (Å²) >= 11 is 0. The van der Waals surface area contributed by atoms with Gasteiger partial charge in [-0.3, -0.25) is 0 Å². The van der Waals surface area contributed by atoms with E-state index in [0.717, 1.165) is 5.39 Å². The molecule has 0 aliphatic carbocycles. The number of hydrogen-bond acceptors (Lipinski definition) is 5. The lowest BCUT2D eigenvalue weighted by atomic mass is 10.0. The van der Waals surface area contributed by atoms with Crippen molar-refractivity contribution in [1.82, 2.24) is 0 Å². The van der Waals surface area contributed by atoms with Gasteiger partial charge in [0.2, 0.25) is 0 Å². The Kier molecular flexibility index (Phi) is 4.01. The zero-order chi connectivity index (χ0) is 16.2. The van der Waals surface area contributed by atoms with Crippen molar-refractivity contribution in [2.24, 2.45) is 10.2 Å². The quantitative estimate of drug-likeness (QED) is 0.561. The highest BCUT2D eigenvalue weighted by Crippen LogP contribution is 2.39. The number of carbonyl (C=O) groups is 1. The van der Waals surface area contributed by atoms with E-state index in [9.17, 15) is 9.90 Å². The molecule has 3 rings (SSSR count). The summed E-state index contributed by atoms with van der Waals surface area (Å²) in [5.41, 5.74) is 0.958. The van der Waals surface area contributed by atoms with Crippen LogP contribution >= 0.6 is 0 Å². The first-order valence-corrected chi connectivity index (χ1v) is 7.00. The van der Waals surface area contributed by atoms with Gasteiger partial charge in [0, 0.05) is 5.39 Å². The fourth-order valence-electron chi connectivity index (χ4n) is 2.29. The van der Waals surface area contributed by atoms with Crippen LogP contribution in [0.3, 0.4) is 0 Å². The van der Waals surface area contributed by atoms with Gasteiger partial charge in [-0.05, 0) is 23.6 Å². The Balaban J connectivity index is 2.19. The number of nitrogens with zero attached hydrogens (tertiary/aromatic N) is 2. The predicted molar refractivity (Wildman–Crippen MR) is 87.6 cm³/mol. The van der Waals surface area contributed by atoms with Crippen LogP contribution in [-0.4, -0.2) is 18.2 Å². The molecule has 0 fully saturated rings. The molecule has 1 N–H and O–H groups in total. The Hall–Kier alpha value is -3.21. The summed E-state index contributed by atoms with van der Waals surface area (Å²) in [6.07, 6.45) is 0. The summed E-state index contributed by atoms with van der Waals surface area (Å²) in [7, 11) is 1.27. The normalized spacial score (nSPS) is 11.0. The second-order valence-corrected chi connectivity index (χ2v) is 4.87. The highest BCUT2D eigenvalue weighted by molar-refractivity contribution is 6.04. The van der Waals surface area contributed by atoms with Gasteiger partial charge in [-0.2, -0.15) is 5.11 Å². The summed E-state index contributed by atoms with van der Waals surface area (Å²) < 4.78 is 4.71. The van der Waals surface area contributed by atoms with Gasteiger partial charge in [0.05, 0.1) is 12.8 Å². The summed E-state index contributed by atoms with van der Waals surface area (Å²) in [6.45, 7) is 0. The molecule has 23 heavy (non-hydrogen) atoms. The Morgan fingerprint density at radius 2 is 1.70 bits per heavy atom. The lowest BCUT2D eigenvalue weighted by Crippen LogP contribution is -2.01. The van der Waals surface area contributed by atoms with Gasteiger partial charge in [0.25, 0.3) is 0 Å². The third-order valence-electron chi connectivity index (χ3n) is 3.42. The zero-order valence-corrected chi connectivity index (χ0v) is 12.4. The third kappa shape index (κ3) is 2.89. The monoisotopic (exact) mass is 306 g/mol. The van der Waals surface area contributed by atoms with Crippen LogP contribution in [0.25, 0.3) is 10.8 Å². The molecule has 0 bridgehead atoms. The van der Waals surface area contributed by atoms with Crippen molar-refractivity contribution < 1.29 is 14.6 Å². The van der Waals surface area contributed by atoms with Gasteiger partial charge in [0.15, 0.2) is 5.75 Å². The van der Waals surface area contributed by atoms with Crippen LogP contribution in [0.1, 0.15) is 10.4 Å². The van der Waals surface area contributed by atoms with E-state index in [1.54, 1.807) is 18.2 Å². The number of fused-ring (bicyclic) bond motifs is 1. The van der Waals surface area contributed by atoms with Gasteiger partial charge >= 0.3 is 5.97 Å². The standard InChI is InChI=1S/C18H14N2O3/c1-23-18(22)15-11-12-7-5-6-10-14(12)16(17(15)21)20-19-13-8-3-2-4-9-13/h2-11,21H,1H3. The van der Waals surface area contributed by atoms with Crippen LogP contribution in [0.15, 0.2) is 70.9 Å². The molecule has 5 nitrogen and oxygen atoms in total. The maximum Gasteiger partial charge on any atom is 0.341 e. The highest BCUT2D eigenvalue weighted by Gasteiger charge is 2.18. The predicted octanol–water partition coefficient (Wildman–Crippen LogP) is 4.75. The number of methoxy groups -OCH3 is 1. The number of benzene rings is 3. The Morgan fingerprint density at radius 1 is 1.00 bits per heavy atom. The number of rotatable bonds is 3. The number of ether oxygens (including phenoxy) is 1. The first kappa shape index (κ1) is 14.7. The molecule has 0 amide bonds. The molecule has 0 aliphatic heterocycles. The van der Waals surface area contributed by atoms with Gasteiger partial charge in [-0.25, -0.2) is 4.79 Å². The molecule has 0 unspecified atom stereocenters. The molecular formula is C18H14N2O3. The van der Waals surface area contributed by atoms with Crippen molar-refractivity contribution in [2.45, 2.75) is 0 Å². The van der Waals surface area contributed by atoms with Crippen LogP contribution in [-0.2, 0) is 4.74 Å².